The van der Waals surface area contributed by atoms with E-state index in [-0.39, 0.29) is 17.0 Å². The van der Waals surface area contributed by atoms with Crippen molar-refractivity contribution < 1.29 is 17.6 Å². The van der Waals surface area contributed by atoms with Crippen molar-refractivity contribution >= 4 is 46.8 Å². The molecule has 0 fully saturated rings. The Morgan fingerprint density at radius 1 is 0.744 bits per heavy atom. The van der Waals surface area contributed by atoms with Crippen LogP contribution in [0.5, 0.6) is 0 Å². The topological polar surface area (TPSA) is 96.7 Å². The lowest BCUT2D eigenvalue weighted by molar-refractivity contribution is 0.454. The Morgan fingerprint density at radius 3 is 2.02 bits per heavy atom. The molecule has 1 heterocycles. The molecule has 0 bridgehead atoms. The van der Waals surface area contributed by atoms with E-state index in [1.165, 1.54) is 24.3 Å². The number of pyridine rings is 1. The van der Waals surface area contributed by atoms with Crippen LogP contribution >= 0.6 is 12.8 Å². The Morgan fingerprint density at radius 2 is 1.37 bits per heavy atom. The zero-order valence-electron chi connectivity index (χ0n) is 21.8. The summed E-state index contributed by atoms with van der Waals surface area (Å²) in [7, 11) is 0. The van der Waals surface area contributed by atoms with Gasteiger partial charge in [0.25, 0.3) is 0 Å². The third-order valence-electron chi connectivity index (χ3n) is 7.22. The highest BCUT2D eigenvalue weighted by molar-refractivity contribution is 7.79. The monoisotopic (exact) mass is 589 g/mol. The van der Waals surface area contributed by atoms with Crippen LogP contribution in [0, 0.1) is 51.3 Å². The zero-order valence-corrected chi connectivity index (χ0v) is 22.6. The minimum Gasteiger partial charge on any atom is -0.298 e. The highest BCUT2D eigenvalue weighted by Gasteiger charge is 2.30. The second kappa shape index (κ2) is 10.7. The van der Waals surface area contributed by atoms with Crippen LogP contribution in [0.1, 0.15) is 27.8 Å². The molecule has 5 aromatic rings. The van der Waals surface area contributed by atoms with Crippen molar-refractivity contribution in [3.05, 3.63) is 124 Å². The van der Waals surface area contributed by atoms with Gasteiger partial charge in [0.05, 0.1) is 34.1 Å². The predicted octanol–water partition coefficient (Wildman–Crippen LogP) is 8.08. The highest BCUT2D eigenvalue weighted by atomic mass is 32.1. The maximum atomic E-state index is 14.7. The minimum absolute atomic E-state index is 0.0363. The molecule has 206 valence electrons. The molecule has 1 N–H and O–H groups in total. The van der Waals surface area contributed by atoms with Crippen LogP contribution in [-0.4, -0.2) is 16.4 Å². The first-order chi connectivity index (χ1) is 20.8. The van der Waals surface area contributed by atoms with Gasteiger partial charge >= 0.3 is 0 Å². The molecule has 0 saturated carbocycles. The zero-order chi connectivity index (χ0) is 30.4. The van der Waals surface area contributed by atoms with E-state index in [0.29, 0.717) is 50.0 Å². The first kappa shape index (κ1) is 27.6. The molecule has 0 atom stereocenters. The molecular formula is C33H15F4N5S. The summed E-state index contributed by atoms with van der Waals surface area (Å²) in [6, 6.07) is 23.0. The lowest BCUT2D eigenvalue weighted by atomic mass is 9.81. The van der Waals surface area contributed by atoms with Crippen LogP contribution < -0.4 is 0 Å². The molecule has 6 rings (SSSR count). The summed E-state index contributed by atoms with van der Waals surface area (Å²) in [6.45, 7) is 0. The number of hydrogen-bond acceptors (Lipinski definition) is 6. The van der Waals surface area contributed by atoms with Crippen LogP contribution in [0.3, 0.4) is 0 Å². The van der Waals surface area contributed by atoms with Crippen molar-refractivity contribution in [1.29, 1.82) is 15.9 Å². The van der Waals surface area contributed by atoms with Gasteiger partial charge in [-0.2, -0.15) is 10.5 Å². The molecule has 0 aliphatic heterocycles. The van der Waals surface area contributed by atoms with Crippen LogP contribution in [0.2, 0.25) is 0 Å². The molecule has 5 nitrogen and oxygen atoms in total. The molecule has 1 aliphatic rings. The van der Waals surface area contributed by atoms with E-state index in [9.17, 15) is 22.8 Å². The van der Waals surface area contributed by atoms with Gasteiger partial charge in [-0.3, -0.25) is 5.41 Å². The second-order valence-electron chi connectivity index (χ2n) is 9.50. The number of nitriles is 2. The Balaban J connectivity index is 1.58. The lowest BCUT2D eigenvalue weighted by Crippen LogP contribution is -2.22. The van der Waals surface area contributed by atoms with Gasteiger partial charge in [0.1, 0.15) is 17.3 Å². The average molecular weight is 590 g/mol. The second-order valence-corrected chi connectivity index (χ2v) is 9.70. The van der Waals surface area contributed by atoms with Gasteiger partial charge in [0, 0.05) is 27.6 Å². The molecule has 0 unspecified atom stereocenters. The molecule has 0 radical (unpaired) electrons. The van der Waals surface area contributed by atoms with E-state index >= 15 is 0 Å². The number of nitrogens with one attached hydrogen (secondary N) is 1. The van der Waals surface area contributed by atoms with E-state index in [4.69, 9.17) is 15.7 Å². The smallest absolute Gasteiger partial charge is 0.180 e. The molecule has 1 aliphatic carbocycles. The van der Waals surface area contributed by atoms with Crippen molar-refractivity contribution in [2.75, 3.05) is 0 Å². The summed E-state index contributed by atoms with van der Waals surface area (Å²) in [5.41, 5.74) is 1.76. The van der Waals surface area contributed by atoms with Crippen molar-refractivity contribution in [2.45, 2.75) is 0 Å². The van der Waals surface area contributed by atoms with Crippen LogP contribution in [0.4, 0.5) is 17.6 Å². The van der Waals surface area contributed by atoms with E-state index in [0.717, 1.165) is 6.07 Å². The van der Waals surface area contributed by atoms with Crippen molar-refractivity contribution in [1.82, 2.24) is 4.98 Å². The first-order valence-electron chi connectivity index (χ1n) is 12.6. The molecule has 0 spiro atoms. The molecule has 0 amide bonds. The summed E-state index contributed by atoms with van der Waals surface area (Å²) >= 11 is 4.13. The minimum atomic E-state index is -1.78. The number of hydrogen-bond donors (Lipinski definition) is 2. The normalized spacial score (nSPS) is 13.4. The summed E-state index contributed by atoms with van der Waals surface area (Å²) in [5.74, 6) is -6.94. The van der Waals surface area contributed by atoms with Gasteiger partial charge in [-0.25, -0.2) is 26.9 Å². The lowest BCUT2D eigenvalue weighted by Gasteiger charge is -2.24. The van der Waals surface area contributed by atoms with Gasteiger partial charge in [0.2, 0.25) is 0 Å². The Labute approximate surface area is 247 Å². The summed E-state index contributed by atoms with van der Waals surface area (Å²) < 4.78 is 62.1. The summed E-state index contributed by atoms with van der Waals surface area (Å²) in [4.78, 5) is 4.86. The third-order valence-corrected chi connectivity index (χ3v) is 7.42. The third kappa shape index (κ3) is 4.28. The number of halogens is 4. The quantitative estimate of drug-likeness (QED) is 0.127. The van der Waals surface area contributed by atoms with Crippen LogP contribution in [0.15, 0.2) is 77.2 Å². The molecule has 4 aromatic carbocycles. The fourth-order valence-electron chi connectivity index (χ4n) is 5.22. The molecular weight excluding hydrogens is 574 g/mol. The Kier molecular flexibility index (Phi) is 6.85. The number of para-hydroxylation sites is 1. The maximum absolute atomic E-state index is 14.7. The molecule has 1 aromatic heterocycles. The Bertz CT molecular complexity index is 2140. The van der Waals surface area contributed by atoms with Crippen LogP contribution in [0.25, 0.3) is 44.9 Å². The number of fused-ring (bicyclic) bond motifs is 3. The molecule has 10 heteroatoms. The van der Waals surface area contributed by atoms with Crippen molar-refractivity contribution in [2.24, 2.45) is 4.40 Å². The van der Waals surface area contributed by atoms with Gasteiger partial charge in [-0.15, -0.1) is 0 Å². The standard InChI is InChI=1S/C33H15F4N5S/c34-27-23(15-39)28(35)30(37)25(29(27)36)17-11-9-16(10-12-17)21-13-22-26(31(40)33(21)42-43)20-7-3-4-8-24(20)41-32(22)19-6-2-1-5-18(19)14-38/h1-13,40,43H/b40-31?,42-33-. The van der Waals surface area contributed by atoms with Gasteiger partial charge in [-0.1, -0.05) is 60.7 Å². The van der Waals surface area contributed by atoms with Crippen molar-refractivity contribution in [3.8, 4) is 34.5 Å². The van der Waals surface area contributed by atoms with E-state index in [1.54, 1.807) is 30.3 Å². The fourth-order valence-corrected chi connectivity index (χ4v) is 5.43. The van der Waals surface area contributed by atoms with Gasteiger partial charge < -0.3 is 0 Å². The SMILES string of the molecule is N#Cc1ccccc1-c1nc2ccccc2c2c1C=C(c1ccc(-c3c(F)c(F)c(C#N)c(F)c3F)cc1)/C(=N/S)C2=N. The number of nitrogens with zero attached hydrogens (tertiary/aromatic N) is 4. The first-order valence-corrected chi connectivity index (χ1v) is 13.0. The largest absolute Gasteiger partial charge is 0.298 e. The summed E-state index contributed by atoms with van der Waals surface area (Å²) in [6.07, 6.45) is 1.75. The van der Waals surface area contributed by atoms with E-state index in [2.05, 4.69) is 23.3 Å². The average Bonchev–Trinajstić information content (AvgIpc) is 3.04. The predicted molar refractivity (Wildman–Crippen MR) is 159 cm³/mol. The van der Waals surface area contributed by atoms with Crippen molar-refractivity contribution in [3.63, 3.8) is 0 Å². The fraction of sp³-hybridized carbons (Fsp3) is 0. The Hall–Kier alpha value is -5.58. The van der Waals surface area contributed by atoms with E-state index < -0.39 is 34.4 Å². The van der Waals surface area contributed by atoms with E-state index in [1.807, 2.05) is 24.3 Å². The number of allylic oxidation sites excluding steroid dienone is 1. The summed E-state index contributed by atoms with van der Waals surface area (Å²) in [5, 5.41) is 28.5. The van der Waals surface area contributed by atoms with Gasteiger partial charge in [-0.05, 0) is 42.2 Å². The van der Waals surface area contributed by atoms with Crippen LogP contribution in [-0.2, 0) is 0 Å². The molecule has 0 saturated heterocycles. The molecule has 43 heavy (non-hydrogen) atoms. The number of aromatic nitrogens is 1. The van der Waals surface area contributed by atoms with Gasteiger partial charge in [0.15, 0.2) is 23.3 Å². The number of rotatable bonds is 3. The maximum Gasteiger partial charge on any atom is 0.180 e. The number of benzene rings is 4. The number of thiol groups is 1. The highest BCUT2D eigenvalue weighted by Crippen LogP contribution is 2.40.